The van der Waals surface area contributed by atoms with E-state index in [9.17, 15) is 22.8 Å². The molecule has 2 amide bonds. The summed E-state index contributed by atoms with van der Waals surface area (Å²) in [6.45, 7) is 6.23. The molecule has 0 bridgehead atoms. The molecule has 5 rings (SSSR count). The van der Waals surface area contributed by atoms with E-state index < -0.39 is 23.4 Å². The molecule has 1 unspecified atom stereocenters. The smallest absolute Gasteiger partial charge is 0.416 e. The number of halogens is 3. The first-order valence-corrected chi connectivity index (χ1v) is 12.2. The van der Waals surface area contributed by atoms with Crippen LogP contribution in [0, 0.1) is 0 Å². The van der Waals surface area contributed by atoms with E-state index in [1.54, 1.807) is 60.2 Å². The zero-order valence-corrected chi connectivity index (χ0v) is 21.5. The van der Waals surface area contributed by atoms with Gasteiger partial charge in [0.1, 0.15) is 5.60 Å². The lowest BCUT2D eigenvalue weighted by Crippen LogP contribution is -2.41. The first-order valence-electron chi connectivity index (χ1n) is 12.2. The summed E-state index contributed by atoms with van der Waals surface area (Å²) in [5.74, 6) is -0.167. The molecule has 200 valence electrons. The molecule has 1 fully saturated rings. The van der Waals surface area contributed by atoms with Gasteiger partial charge in [-0.05, 0) is 69.7 Å². The highest BCUT2D eigenvalue weighted by Gasteiger charge is 2.31. The monoisotopic (exact) mass is 527 g/mol. The molecule has 0 saturated carbocycles. The van der Waals surface area contributed by atoms with Gasteiger partial charge in [-0.3, -0.25) is 14.0 Å². The van der Waals surface area contributed by atoms with Gasteiger partial charge in [0.05, 0.1) is 17.1 Å². The molecular weight excluding hydrogens is 499 g/mol. The van der Waals surface area contributed by atoms with Gasteiger partial charge < -0.3 is 15.0 Å². The number of carbonyl (C=O) groups is 2. The Morgan fingerprint density at radius 2 is 1.76 bits per heavy atom. The Labute approximate surface area is 216 Å². The molecule has 2 aromatic heterocycles. The summed E-state index contributed by atoms with van der Waals surface area (Å²) >= 11 is 0. The van der Waals surface area contributed by atoms with Gasteiger partial charge in [0.25, 0.3) is 5.91 Å². The second-order valence-electron chi connectivity index (χ2n) is 10.5. The number of carbonyl (C=O) groups excluding carboxylic acids is 2. The number of hydrogen-bond donors (Lipinski definition) is 1. The topological polar surface area (TPSA) is 81.4 Å². The number of hydrogen-bond acceptors (Lipinski definition) is 4. The highest BCUT2D eigenvalue weighted by atomic mass is 19.4. The van der Waals surface area contributed by atoms with Crippen molar-refractivity contribution >= 4 is 33.9 Å². The minimum Gasteiger partial charge on any atom is -0.444 e. The van der Waals surface area contributed by atoms with Crippen molar-refractivity contribution in [3.05, 3.63) is 59.8 Å². The Bertz CT molecular complexity index is 1530. The maximum Gasteiger partial charge on any atom is 0.416 e. The SMILES string of the molecule is Cn1cc2c3cc(C(=O)N4CCC(NC(=O)OC(C)(C)C)C4)ccc3n(-c3ccc(C(F)(F)F)cc3)c2n1. The molecule has 11 heteroatoms. The van der Waals surface area contributed by atoms with Crippen LogP contribution < -0.4 is 5.32 Å². The van der Waals surface area contributed by atoms with Gasteiger partial charge in [-0.15, -0.1) is 0 Å². The number of rotatable bonds is 3. The lowest BCUT2D eigenvalue weighted by Gasteiger charge is -2.22. The van der Waals surface area contributed by atoms with Crippen LogP contribution in [0.4, 0.5) is 18.0 Å². The highest BCUT2D eigenvalue weighted by Crippen LogP contribution is 2.34. The van der Waals surface area contributed by atoms with E-state index in [1.807, 2.05) is 6.20 Å². The third-order valence-electron chi connectivity index (χ3n) is 6.44. The van der Waals surface area contributed by atoms with Crippen molar-refractivity contribution in [2.75, 3.05) is 13.1 Å². The maximum atomic E-state index is 13.3. The van der Waals surface area contributed by atoms with E-state index in [1.165, 1.54) is 12.1 Å². The first-order chi connectivity index (χ1) is 17.8. The molecule has 8 nitrogen and oxygen atoms in total. The van der Waals surface area contributed by atoms with Crippen molar-refractivity contribution in [1.29, 1.82) is 0 Å². The Morgan fingerprint density at radius 3 is 2.42 bits per heavy atom. The molecule has 1 N–H and O–H groups in total. The normalized spacial score (nSPS) is 16.4. The molecule has 3 heterocycles. The van der Waals surface area contributed by atoms with Crippen LogP contribution >= 0.6 is 0 Å². The van der Waals surface area contributed by atoms with Gasteiger partial charge in [-0.1, -0.05) is 0 Å². The summed E-state index contributed by atoms with van der Waals surface area (Å²) in [6.07, 6.45) is -2.50. The number of aryl methyl sites for hydroxylation is 1. The summed E-state index contributed by atoms with van der Waals surface area (Å²) in [6, 6.07) is 9.99. The van der Waals surface area contributed by atoms with Crippen LogP contribution in [0.15, 0.2) is 48.7 Å². The summed E-state index contributed by atoms with van der Waals surface area (Å²) in [5.41, 5.74) is 0.979. The van der Waals surface area contributed by atoms with Gasteiger partial charge >= 0.3 is 12.3 Å². The standard InChI is InChI=1S/C27H28F3N5O3/c1-26(2,3)38-25(37)31-18-11-12-34(14-18)24(36)16-5-10-22-20(13-16)21-15-33(4)32-23(21)35(22)19-8-6-17(7-9-19)27(28,29)30/h5-10,13,15,18H,11-12,14H2,1-4H3,(H,31,37). The van der Waals surface area contributed by atoms with Gasteiger partial charge in [0.2, 0.25) is 0 Å². The first kappa shape index (κ1) is 25.6. The number of alkyl halides is 3. The van der Waals surface area contributed by atoms with Gasteiger partial charge in [0, 0.05) is 48.4 Å². The zero-order valence-electron chi connectivity index (χ0n) is 21.5. The molecule has 1 aliphatic rings. The Hall–Kier alpha value is -4.02. The molecule has 0 radical (unpaired) electrons. The fourth-order valence-electron chi connectivity index (χ4n) is 4.81. The third-order valence-corrected chi connectivity index (χ3v) is 6.44. The third kappa shape index (κ3) is 4.92. The number of fused-ring (bicyclic) bond motifs is 3. The van der Waals surface area contributed by atoms with E-state index in [0.29, 0.717) is 36.4 Å². The largest absolute Gasteiger partial charge is 0.444 e. The van der Waals surface area contributed by atoms with E-state index in [2.05, 4.69) is 10.4 Å². The van der Waals surface area contributed by atoms with Crippen molar-refractivity contribution in [1.82, 2.24) is 24.6 Å². The van der Waals surface area contributed by atoms with E-state index in [-0.39, 0.29) is 11.9 Å². The quantitative estimate of drug-likeness (QED) is 0.393. The van der Waals surface area contributed by atoms with Crippen molar-refractivity contribution in [3.8, 4) is 5.69 Å². The van der Waals surface area contributed by atoms with Gasteiger partial charge in [0.15, 0.2) is 5.65 Å². The molecule has 2 aromatic carbocycles. The van der Waals surface area contributed by atoms with Crippen LogP contribution in [-0.4, -0.2) is 56.0 Å². The molecular formula is C27H28F3N5O3. The molecule has 1 saturated heterocycles. The summed E-state index contributed by atoms with van der Waals surface area (Å²) < 4.78 is 48.0. The Kier molecular flexibility index (Phi) is 6.12. The Morgan fingerprint density at radius 1 is 1.05 bits per heavy atom. The number of likely N-dealkylation sites (tertiary alicyclic amines) is 1. The van der Waals surface area contributed by atoms with Crippen molar-refractivity contribution in [2.24, 2.45) is 7.05 Å². The lowest BCUT2D eigenvalue weighted by molar-refractivity contribution is -0.137. The maximum absolute atomic E-state index is 13.3. The molecule has 0 aliphatic carbocycles. The predicted molar refractivity (Wildman–Crippen MR) is 136 cm³/mol. The summed E-state index contributed by atoms with van der Waals surface area (Å²) in [5, 5.41) is 8.89. The van der Waals surface area contributed by atoms with Gasteiger partial charge in [-0.2, -0.15) is 18.3 Å². The number of amides is 2. The minimum absolute atomic E-state index is 0.167. The average molecular weight is 528 g/mol. The summed E-state index contributed by atoms with van der Waals surface area (Å²) in [4.78, 5) is 27.2. The lowest BCUT2D eigenvalue weighted by atomic mass is 10.1. The molecule has 4 aromatic rings. The van der Waals surface area contributed by atoms with Crippen LogP contribution in [0.3, 0.4) is 0 Å². The van der Waals surface area contributed by atoms with Crippen molar-refractivity contribution < 1.29 is 27.5 Å². The van der Waals surface area contributed by atoms with E-state index in [0.717, 1.165) is 28.4 Å². The molecule has 1 atom stereocenters. The summed E-state index contributed by atoms with van der Waals surface area (Å²) in [7, 11) is 1.76. The number of alkyl carbamates (subject to hydrolysis) is 1. The number of nitrogens with one attached hydrogen (secondary N) is 1. The van der Waals surface area contributed by atoms with Crippen LogP contribution in [0.1, 0.15) is 43.1 Å². The molecule has 0 spiro atoms. The predicted octanol–water partition coefficient (Wildman–Crippen LogP) is 5.28. The van der Waals surface area contributed by atoms with Crippen LogP contribution in [0.25, 0.3) is 27.6 Å². The molecule has 1 aliphatic heterocycles. The molecule has 38 heavy (non-hydrogen) atoms. The number of nitrogens with zero attached hydrogens (tertiary/aromatic N) is 4. The highest BCUT2D eigenvalue weighted by molar-refractivity contribution is 6.10. The van der Waals surface area contributed by atoms with E-state index in [4.69, 9.17) is 4.74 Å². The van der Waals surface area contributed by atoms with Crippen molar-refractivity contribution in [2.45, 2.75) is 45.0 Å². The Balaban J connectivity index is 1.43. The fourth-order valence-corrected chi connectivity index (χ4v) is 4.81. The van der Waals surface area contributed by atoms with Crippen LogP contribution in [0.2, 0.25) is 0 Å². The van der Waals surface area contributed by atoms with Crippen molar-refractivity contribution in [3.63, 3.8) is 0 Å². The van der Waals surface area contributed by atoms with E-state index >= 15 is 0 Å². The van der Waals surface area contributed by atoms with Gasteiger partial charge in [-0.25, -0.2) is 4.79 Å². The fraction of sp³-hybridized carbons (Fsp3) is 0.370. The average Bonchev–Trinajstić information content (AvgIpc) is 3.50. The van der Waals surface area contributed by atoms with Crippen LogP contribution in [0.5, 0.6) is 0 Å². The minimum atomic E-state index is -4.43. The number of aromatic nitrogens is 3. The second-order valence-corrected chi connectivity index (χ2v) is 10.5. The zero-order chi connectivity index (χ0) is 27.4. The second kappa shape index (κ2) is 9.07. The number of benzene rings is 2. The number of ether oxygens (including phenoxy) is 1. The van der Waals surface area contributed by atoms with Crippen LogP contribution in [-0.2, 0) is 18.0 Å².